The minimum Gasteiger partial charge on any atom is -0.313 e. The summed E-state index contributed by atoms with van der Waals surface area (Å²) >= 11 is 7.64. The van der Waals surface area contributed by atoms with Crippen molar-refractivity contribution in [1.82, 2.24) is 20.1 Å². The highest BCUT2D eigenvalue weighted by Crippen LogP contribution is 2.30. The van der Waals surface area contributed by atoms with Crippen molar-refractivity contribution in [3.05, 3.63) is 35.1 Å². The Morgan fingerprint density at radius 3 is 2.94 bits per heavy atom. The third kappa shape index (κ3) is 3.25. The van der Waals surface area contributed by atoms with E-state index in [1.807, 2.05) is 29.8 Å². The molecular formula is C12H15ClN4S. The highest BCUT2D eigenvalue weighted by Gasteiger charge is 2.08. The average Bonchev–Trinajstić information content (AvgIpc) is 2.75. The number of aromatic nitrogens is 3. The highest BCUT2D eigenvalue weighted by atomic mass is 35.5. The Morgan fingerprint density at radius 2 is 2.28 bits per heavy atom. The summed E-state index contributed by atoms with van der Waals surface area (Å²) in [4.78, 5) is 1.15. The van der Waals surface area contributed by atoms with Gasteiger partial charge in [0.25, 0.3) is 0 Å². The summed E-state index contributed by atoms with van der Waals surface area (Å²) in [6.07, 6.45) is 1.70. The van der Waals surface area contributed by atoms with E-state index >= 15 is 0 Å². The van der Waals surface area contributed by atoms with Gasteiger partial charge in [0.1, 0.15) is 6.33 Å². The molecule has 0 saturated heterocycles. The molecule has 1 aromatic heterocycles. The monoisotopic (exact) mass is 282 g/mol. The summed E-state index contributed by atoms with van der Waals surface area (Å²) in [5.41, 5.74) is 1.18. The number of benzene rings is 1. The molecule has 0 atom stereocenters. The van der Waals surface area contributed by atoms with Gasteiger partial charge in [0, 0.05) is 23.5 Å². The van der Waals surface area contributed by atoms with Crippen molar-refractivity contribution in [2.45, 2.75) is 23.5 Å². The molecule has 0 saturated carbocycles. The first-order valence-corrected chi connectivity index (χ1v) is 6.91. The van der Waals surface area contributed by atoms with Crippen molar-refractivity contribution in [2.75, 3.05) is 6.54 Å². The molecule has 1 aromatic carbocycles. The normalized spacial score (nSPS) is 10.8. The number of hydrogen-bond acceptors (Lipinski definition) is 4. The fourth-order valence-electron chi connectivity index (χ4n) is 1.51. The van der Waals surface area contributed by atoms with E-state index in [0.717, 1.165) is 28.2 Å². The average molecular weight is 283 g/mol. The summed E-state index contributed by atoms with van der Waals surface area (Å²) in [6, 6.07) is 5.91. The number of aryl methyl sites for hydroxylation is 1. The number of nitrogens with one attached hydrogen (secondary N) is 1. The minimum atomic E-state index is 0.755. The molecule has 0 spiro atoms. The van der Waals surface area contributed by atoms with Crippen molar-refractivity contribution in [1.29, 1.82) is 0 Å². The van der Waals surface area contributed by atoms with Crippen molar-refractivity contribution in [3.63, 3.8) is 0 Å². The van der Waals surface area contributed by atoms with Crippen LogP contribution in [0.4, 0.5) is 0 Å². The zero-order chi connectivity index (χ0) is 13.0. The van der Waals surface area contributed by atoms with E-state index in [1.54, 1.807) is 18.1 Å². The lowest BCUT2D eigenvalue weighted by molar-refractivity contribution is 0.717. The van der Waals surface area contributed by atoms with E-state index in [1.165, 1.54) is 5.56 Å². The third-order valence-corrected chi connectivity index (χ3v) is 3.86. The van der Waals surface area contributed by atoms with Gasteiger partial charge in [-0.15, -0.1) is 10.2 Å². The van der Waals surface area contributed by atoms with Crippen LogP contribution < -0.4 is 5.32 Å². The van der Waals surface area contributed by atoms with Gasteiger partial charge in [-0.25, -0.2) is 0 Å². The molecule has 0 unspecified atom stereocenters. The zero-order valence-electron chi connectivity index (χ0n) is 10.4. The van der Waals surface area contributed by atoms with Crippen LogP contribution in [0.3, 0.4) is 0 Å². The molecule has 1 N–H and O–H groups in total. The van der Waals surface area contributed by atoms with Crippen molar-refractivity contribution in [3.8, 4) is 0 Å². The highest BCUT2D eigenvalue weighted by molar-refractivity contribution is 7.99. The van der Waals surface area contributed by atoms with E-state index in [4.69, 9.17) is 11.6 Å². The van der Waals surface area contributed by atoms with Gasteiger partial charge in [-0.3, -0.25) is 0 Å². The molecule has 2 aromatic rings. The zero-order valence-corrected chi connectivity index (χ0v) is 11.9. The molecule has 18 heavy (non-hydrogen) atoms. The summed E-state index contributed by atoms with van der Waals surface area (Å²) in [6.45, 7) is 3.82. The van der Waals surface area contributed by atoms with Gasteiger partial charge in [0.2, 0.25) is 0 Å². The molecule has 0 aliphatic rings. The lowest BCUT2D eigenvalue weighted by atomic mass is 10.2. The largest absolute Gasteiger partial charge is 0.313 e. The lowest BCUT2D eigenvalue weighted by Crippen LogP contribution is -2.12. The molecular weight excluding hydrogens is 268 g/mol. The molecule has 96 valence electrons. The van der Waals surface area contributed by atoms with Crippen LogP contribution in [0.2, 0.25) is 5.02 Å². The summed E-state index contributed by atoms with van der Waals surface area (Å²) in [7, 11) is 1.93. The van der Waals surface area contributed by atoms with Gasteiger partial charge in [-0.2, -0.15) is 0 Å². The van der Waals surface area contributed by atoms with Gasteiger partial charge < -0.3 is 9.88 Å². The van der Waals surface area contributed by atoms with E-state index in [-0.39, 0.29) is 0 Å². The second-order valence-corrected chi connectivity index (χ2v) is 5.30. The summed E-state index contributed by atoms with van der Waals surface area (Å²) in [5.74, 6) is 0. The topological polar surface area (TPSA) is 42.7 Å². The second-order valence-electron chi connectivity index (χ2n) is 3.86. The Hall–Kier alpha value is -1.04. The van der Waals surface area contributed by atoms with E-state index in [9.17, 15) is 0 Å². The van der Waals surface area contributed by atoms with Gasteiger partial charge in [-0.05, 0) is 42.1 Å². The molecule has 6 heteroatoms. The van der Waals surface area contributed by atoms with Crippen LogP contribution in [0.25, 0.3) is 0 Å². The Kier molecular flexibility index (Phi) is 4.63. The predicted octanol–water partition coefficient (Wildman–Crippen LogP) is 2.73. The molecule has 2 rings (SSSR count). The molecule has 0 fully saturated rings. The third-order valence-electron chi connectivity index (χ3n) is 2.46. The lowest BCUT2D eigenvalue weighted by Gasteiger charge is -2.09. The molecule has 1 heterocycles. The molecule has 0 radical (unpaired) electrons. The fourth-order valence-corrected chi connectivity index (χ4v) is 2.58. The minimum absolute atomic E-state index is 0.755. The maximum absolute atomic E-state index is 6.04. The van der Waals surface area contributed by atoms with Crippen LogP contribution in [-0.4, -0.2) is 21.3 Å². The van der Waals surface area contributed by atoms with Gasteiger partial charge >= 0.3 is 0 Å². The quantitative estimate of drug-likeness (QED) is 0.916. The van der Waals surface area contributed by atoms with E-state index in [0.29, 0.717) is 0 Å². The van der Waals surface area contributed by atoms with Gasteiger partial charge in [0.05, 0.1) is 0 Å². The molecule has 0 amide bonds. The second kappa shape index (κ2) is 6.22. The standard InChI is InChI=1S/C12H15ClN4S/c1-3-14-7-9-6-10(13)4-5-11(9)18-12-16-15-8-17(12)2/h4-6,8,14H,3,7H2,1-2H3. The SMILES string of the molecule is CCNCc1cc(Cl)ccc1Sc1nncn1C. The fraction of sp³-hybridized carbons (Fsp3) is 0.333. The summed E-state index contributed by atoms with van der Waals surface area (Å²) < 4.78 is 1.90. The van der Waals surface area contributed by atoms with Crippen molar-refractivity contribution >= 4 is 23.4 Å². The number of halogens is 1. The number of nitrogens with zero attached hydrogens (tertiary/aromatic N) is 3. The first-order valence-electron chi connectivity index (χ1n) is 5.71. The molecule has 0 bridgehead atoms. The maximum atomic E-state index is 6.04. The molecule has 4 nitrogen and oxygen atoms in total. The van der Waals surface area contributed by atoms with E-state index < -0.39 is 0 Å². The first kappa shape index (κ1) is 13.4. The first-order chi connectivity index (χ1) is 8.70. The van der Waals surface area contributed by atoms with Gasteiger partial charge in [-0.1, -0.05) is 18.5 Å². The maximum Gasteiger partial charge on any atom is 0.195 e. The number of rotatable bonds is 5. The van der Waals surface area contributed by atoms with Crippen LogP contribution in [-0.2, 0) is 13.6 Å². The van der Waals surface area contributed by atoms with Crippen LogP contribution >= 0.6 is 23.4 Å². The Labute approximate surface area is 116 Å². The Balaban J connectivity index is 2.23. The van der Waals surface area contributed by atoms with E-state index in [2.05, 4.69) is 22.4 Å². The van der Waals surface area contributed by atoms with Crippen LogP contribution in [0.15, 0.2) is 34.6 Å². The Morgan fingerprint density at radius 1 is 1.44 bits per heavy atom. The van der Waals surface area contributed by atoms with Crippen molar-refractivity contribution < 1.29 is 0 Å². The molecule has 0 aliphatic carbocycles. The van der Waals surface area contributed by atoms with Crippen LogP contribution in [0, 0.1) is 0 Å². The van der Waals surface area contributed by atoms with Gasteiger partial charge in [0.15, 0.2) is 5.16 Å². The summed E-state index contributed by atoms with van der Waals surface area (Å²) in [5, 5.41) is 12.9. The van der Waals surface area contributed by atoms with Crippen molar-refractivity contribution in [2.24, 2.45) is 7.05 Å². The Bertz CT molecular complexity index is 527. The number of hydrogen-bond donors (Lipinski definition) is 1. The predicted molar refractivity (Wildman–Crippen MR) is 74.0 cm³/mol. The van der Waals surface area contributed by atoms with Crippen LogP contribution in [0.5, 0.6) is 0 Å². The van der Waals surface area contributed by atoms with Crippen LogP contribution in [0.1, 0.15) is 12.5 Å². The molecule has 0 aliphatic heterocycles. The smallest absolute Gasteiger partial charge is 0.195 e.